The fraction of sp³-hybridized carbons (Fsp3) is 1.00. The van der Waals surface area contributed by atoms with Gasteiger partial charge in [0, 0.05) is 13.2 Å². The molecule has 5 heteroatoms. The highest BCUT2D eigenvalue weighted by molar-refractivity contribution is 4.71. The Labute approximate surface area is 115 Å². The summed E-state index contributed by atoms with van der Waals surface area (Å²) in [7, 11) is 0. The van der Waals surface area contributed by atoms with Crippen LogP contribution in [0.2, 0.25) is 0 Å². The lowest BCUT2D eigenvalue weighted by Gasteiger charge is -2.25. The predicted molar refractivity (Wildman–Crippen MR) is 72.3 cm³/mol. The first-order valence-electron chi connectivity index (χ1n) is 7.12. The van der Waals surface area contributed by atoms with Gasteiger partial charge in [0.2, 0.25) is 0 Å². The van der Waals surface area contributed by atoms with E-state index >= 15 is 0 Å². The van der Waals surface area contributed by atoms with Crippen molar-refractivity contribution in [1.82, 2.24) is 5.32 Å². The number of unbranched alkanes of at least 4 members (excludes halogenated alkanes) is 2. The topological polar surface area (TPSA) is 21.3 Å². The quantitative estimate of drug-likeness (QED) is 0.575. The van der Waals surface area contributed by atoms with Gasteiger partial charge in [0.05, 0.1) is 0 Å². The van der Waals surface area contributed by atoms with Gasteiger partial charge in [0.1, 0.15) is 6.61 Å². The van der Waals surface area contributed by atoms with Crippen molar-refractivity contribution < 1.29 is 17.9 Å². The lowest BCUT2D eigenvalue weighted by atomic mass is 9.87. The van der Waals surface area contributed by atoms with Crippen LogP contribution >= 0.6 is 0 Å². The number of hydrogen-bond acceptors (Lipinski definition) is 2. The fourth-order valence-corrected chi connectivity index (χ4v) is 1.86. The molecule has 0 radical (unpaired) electrons. The third-order valence-electron chi connectivity index (χ3n) is 2.97. The summed E-state index contributed by atoms with van der Waals surface area (Å²) in [4.78, 5) is 0. The van der Waals surface area contributed by atoms with E-state index in [4.69, 9.17) is 0 Å². The van der Waals surface area contributed by atoms with Gasteiger partial charge in [-0.3, -0.25) is 0 Å². The van der Waals surface area contributed by atoms with Crippen molar-refractivity contribution >= 4 is 0 Å². The van der Waals surface area contributed by atoms with Gasteiger partial charge in [-0.1, -0.05) is 40.0 Å². The third kappa shape index (κ3) is 13.9. The normalized spacial score (nSPS) is 12.9. The summed E-state index contributed by atoms with van der Waals surface area (Å²) in [6, 6.07) is 0. The van der Waals surface area contributed by atoms with E-state index in [0.29, 0.717) is 13.0 Å². The van der Waals surface area contributed by atoms with Crippen molar-refractivity contribution in [2.75, 3.05) is 26.3 Å². The van der Waals surface area contributed by atoms with E-state index in [2.05, 4.69) is 30.8 Å². The van der Waals surface area contributed by atoms with Gasteiger partial charge in [-0.05, 0) is 24.8 Å². The minimum absolute atomic E-state index is 0.156. The van der Waals surface area contributed by atoms with E-state index in [9.17, 15) is 13.2 Å². The molecule has 1 N–H and O–H groups in total. The zero-order valence-electron chi connectivity index (χ0n) is 12.4. The molecule has 0 heterocycles. The van der Waals surface area contributed by atoms with Crippen LogP contribution in [-0.4, -0.2) is 32.5 Å². The van der Waals surface area contributed by atoms with Crippen LogP contribution in [0.25, 0.3) is 0 Å². The summed E-state index contributed by atoms with van der Waals surface area (Å²) in [6.45, 7) is 7.24. The van der Waals surface area contributed by atoms with Crippen LogP contribution in [0, 0.1) is 5.41 Å². The molecule has 0 aliphatic heterocycles. The van der Waals surface area contributed by atoms with Crippen molar-refractivity contribution in [1.29, 1.82) is 0 Å². The van der Waals surface area contributed by atoms with Crippen molar-refractivity contribution in [3.05, 3.63) is 0 Å². The average Bonchev–Trinajstić information content (AvgIpc) is 2.26. The van der Waals surface area contributed by atoms with Gasteiger partial charge in [-0.15, -0.1) is 0 Å². The Morgan fingerprint density at radius 2 is 1.74 bits per heavy atom. The van der Waals surface area contributed by atoms with E-state index < -0.39 is 12.8 Å². The molecule has 0 saturated carbocycles. The molecule has 0 rings (SSSR count). The second-order valence-electron chi connectivity index (χ2n) is 5.82. The predicted octanol–water partition coefficient (Wildman–Crippen LogP) is 4.15. The SMILES string of the molecule is CCCCCC(C)(C)CNCCCOCC(F)(F)F. The second-order valence-corrected chi connectivity index (χ2v) is 5.82. The number of halogens is 3. The monoisotopic (exact) mass is 283 g/mol. The Bertz CT molecular complexity index is 217. The number of rotatable bonds is 11. The van der Waals surface area contributed by atoms with E-state index in [1.54, 1.807) is 0 Å². The molecular weight excluding hydrogens is 255 g/mol. The number of nitrogens with one attached hydrogen (secondary N) is 1. The summed E-state index contributed by atoms with van der Waals surface area (Å²) in [5.41, 5.74) is 0.252. The molecule has 0 saturated heterocycles. The summed E-state index contributed by atoms with van der Waals surface area (Å²) in [5.74, 6) is 0. The van der Waals surface area contributed by atoms with Crippen LogP contribution in [0.4, 0.5) is 13.2 Å². The highest BCUT2D eigenvalue weighted by atomic mass is 19.4. The third-order valence-corrected chi connectivity index (χ3v) is 2.97. The van der Waals surface area contributed by atoms with Crippen molar-refractivity contribution in [2.45, 2.75) is 59.1 Å². The number of ether oxygens (including phenoxy) is 1. The molecular formula is C14H28F3NO. The maximum Gasteiger partial charge on any atom is 0.411 e. The fourth-order valence-electron chi connectivity index (χ4n) is 1.86. The average molecular weight is 283 g/mol. The first kappa shape index (κ1) is 18.7. The van der Waals surface area contributed by atoms with Crippen LogP contribution in [-0.2, 0) is 4.74 Å². The number of hydrogen-bond donors (Lipinski definition) is 1. The molecule has 0 aromatic rings. The highest BCUT2D eigenvalue weighted by Gasteiger charge is 2.27. The molecule has 0 fully saturated rings. The molecule has 0 aromatic heterocycles. The van der Waals surface area contributed by atoms with Crippen LogP contribution in [0.1, 0.15) is 52.9 Å². The largest absolute Gasteiger partial charge is 0.411 e. The molecule has 0 aromatic carbocycles. The van der Waals surface area contributed by atoms with Crippen LogP contribution in [0.5, 0.6) is 0 Å². The summed E-state index contributed by atoms with van der Waals surface area (Å²) < 4.78 is 39.9. The second kappa shape index (κ2) is 9.59. The highest BCUT2D eigenvalue weighted by Crippen LogP contribution is 2.22. The summed E-state index contributed by atoms with van der Waals surface area (Å²) in [5, 5.41) is 3.29. The molecule has 0 amide bonds. The molecule has 0 aliphatic rings. The van der Waals surface area contributed by atoms with Gasteiger partial charge in [0.25, 0.3) is 0 Å². The Hall–Kier alpha value is -0.290. The first-order valence-corrected chi connectivity index (χ1v) is 7.12. The zero-order valence-corrected chi connectivity index (χ0v) is 12.4. The summed E-state index contributed by atoms with van der Waals surface area (Å²) in [6.07, 6.45) is 1.29. The summed E-state index contributed by atoms with van der Waals surface area (Å²) >= 11 is 0. The molecule has 0 bridgehead atoms. The Morgan fingerprint density at radius 1 is 1.05 bits per heavy atom. The lowest BCUT2D eigenvalue weighted by Crippen LogP contribution is -2.30. The standard InChI is InChI=1S/C14H28F3NO/c1-4-5-6-8-13(2,3)11-18-9-7-10-19-12-14(15,16)17/h18H,4-12H2,1-3H3. The van der Waals surface area contributed by atoms with Crippen LogP contribution in [0.15, 0.2) is 0 Å². The number of alkyl halides is 3. The van der Waals surface area contributed by atoms with Crippen LogP contribution < -0.4 is 5.32 Å². The van der Waals surface area contributed by atoms with E-state index in [1.807, 2.05) is 0 Å². The molecule has 0 aliphatic carbocycles. The van der Waals surface area contributed by atoms with Gasteiger partial charge in [-0.2, -0.15) is 13.2 Å². The van der Waals surface area contributed by atoms with E-state index in [0.717, 1.165) is 6.54 Å². The molecule has 2 nitrogen and oxygen atoms in total. The van der Waals surface area contributed by atoms with Gasteiger partial charge in [-0.25, -0.2) is 0 Å². The van der Waals surface area contributed by atoms with Gasteiger partial charge in [0.15, 0.2) is 0 Å². The Balaban J connectivity index is 3.42. The van der Waals surface area contributed by atoms with Crippen molar-refractivity contribution in [3.63, 3.8) is 0 Å². The molecule has 19 heavy (non-hydrogen) atoms. The molecule has 0 atom stereocenters. The first-order chi connectivity index (χ1) is 8.77. The van der Waals surface area contributed by atoms with E-state index in [1.165, 1.54) is 25.7 Å². The van der Waals surface area contributed by atoms with Crippen molar-refractivity contribution in [2.24, 2.45) is 5.41 Å². The maximum absolute atomic E-state index is 11.8. The Morgan fingerprint density at radius 3 is 2.32 bits per heavy atom. The molecule has 0 spiro atoms. The van der Waals surface area contributed by atoms with Gasteiger partial charge < -0.3 is 10.1 Å². The minimum atomic E-state index is -4.21. The molecule has 116 valence electrons. The zero-order chi connectivity index (χ0) is 14.8. The lowest BCUT2D eigenvalue weighted by molar-refractivity contribution is -0.173. The Kier molecular flexibility index (Phi) is 9.44. The van der Waals surface area contributed by atoms with E-state index in [-0.39, 0.29) is 12.0 Å². The van der Waals surface area contributed by atoms with Crippen molar-refractivity contribution in [3.8, 4) is 0 Å². The smallest absolute Gasteiger partial charge is 0.372 e. The molecule has 0 unspecified atom stereocenters. The maximum atomic E-state index is 11.8. The van der Waals surface area contributed by atoms with Gasteiger partial charge >= 0.3 is 6.18 Å². The minimum Gasteiger partial charge on any atom is -0.372 e. The van der Waals surface area contributed by atoms with Crippen LogP contribution in [0.3, 0.4) is 0 Å².